The van der Waals surface area contributed by atoms with Crippen LogP contribution >= 0.6 is 11.8 Å². The Morgan fingerprint density at radius 3 is 2.67 bits per heavy atom. The van der Waals surface area contributed by atoms with Crippen molar-refractivity contribution in [2.24, 2.45) is 0 Å². The van der Waals surface area contributed by atoms with E-state index in [1.807, 2.05) is 89.6 Å². The van der Waals surface area contributed by atoms with Crippen LogP contribution in [0.2, 0.25) is 0 Å². The maximum Gasteiger partial charge on any atom is 0.257 e. The molecule has 148 valence electrons. The number of fused-ring (bicyclic) bond motifs is 2. The molecule has 5 rings (SSSR count). The van der Waals surface area contributed by atoms with Gasteiger partial charge in [-0.15, -0.1) is 0 Å². The van der Waals surface area contributed by atoms with Crippen molar-refractivity contribution in [1.82, 2.24) is 14.4 Å². The van der Waals surface area contributed by atoms with Crippen LogP contribution in [0.1, 0.15) is 5.69 Å². The molecule has 0 aliphatic rings. The molecule has 6 nitrogen and oxygen atoms in total. The molecular formula is C23H18N4O2S. The van der Waals surface area contributed by atoms with Gasteiger partial charge in [-0.25, -0.2) is 9.97 Å². The van der Waals surface area contributed by atoms with Gasteiger partial charge in [-0.3, -0.25) is 4.79 Å². The topological polar surface area (TPSA) is 63.6 Å². The molecule has 0 fully saturated rings. The number of para-hydroxylation sites is 3. The lowest BCUT2D eigenvalue weighted by Gasteiger charge is -2.22. The van der Waals surface area contributed by atoms with Gasteiger partial charge >= 0.3 is 0 Å². The smallest absolute Gasteiger partial charge is 0.257 e. The van der Waals surface area contributed by atoms with E-state index in [4.69, 9.17) is 4.42 Å². The van der Waals surface area contributed by atoms with Crippen LogP contribution in [0.5, 0.6) is 0 Å². The Balaban J connectivity index is 1.39. The number of hydrogen-bond acceptors (Lipinski definition) is 5. The molecule has 0 saturated heterocycles. The third-order valence-corrected chi connectivity index (χ3v) is 5.59. The summed E-state index contributed by atoms with van der Waals surface area (Å²) in [4.78, 5) is 23.9. The van der Waals surface area contributed by atoms with Crippen molar-refractivity contribution in [3.8, 4) is 0 Å². The van der Waals surface area contributed by atoms with Crippen LogP contribution in [-0.2, 0) is 11.3 Å². The first-order valence-corrected chi connectivity index (χ1v) is 10.5. The Hall–Kier alpha value is -3.58. The number of imidazole rings is 1. The summed E-state index contributed by atoms with van der Waals surface area (Å²) < 4.78 is 7.73. The van der Waals surface area contributed by atoms with Crippen molar-refractivity contribution in [3.63, 3.8) is 0 Å². The van der Waals surface area contributed by atoms with Crippen LogP contribution in [0.4, 0.5) is 5.69 Å². The Bertz CT molecular complexity index is 1280. The quantitative estimate of drug-likeness (QED) is 0.374. The summed E-state index contributed by atoms with van der Waals surface area (Å²) >= 11 is 1.30. The second-order valence-electron chi connectivity index (χ2n) is 6.73. The van der Waals surface area contributed by atoms with Gasteiger partial charge in [-0.2, -0.15) is 0 Å². The van der Waals surface area contributed by atoms with E-state index < -0.39 is 0 Å². The molecule has 7 heteroatoms. The Morgan fingerprint density at radius 1 is 1.00 bits per heavy atom. The molecule has 0 saturated carbocycles. The maximum absolute atomic E-state index is 13.2. The highest BCUT2D eigenvalue weighted by molar-refractivity contribution is 7.99. The van der Waals surface area contributed by atoms with Crippen LogP contribution < -0.4 is 4.90 Å². The number of rotatable bonds is 6. The highest BCUT2D eigenvalue weighted by Gasteiger charge is 2.19. The second kappa shape index (κ2) is 8.04. The first-order chi connectivity index (χ1) is 14.8. The van der Waals surface area contributed by atoms with Gasteiger partial charge in [0.15, 0.2) is 5.58 Å². The van der Waals surface area contributed by atoms with E-state index >= 15 is 0 Å². The number of hydrogen-bond donors (Lipinski definition) is 0. The largest absolute Gasteiger partial charge is 0.431 e. The lowest BCUT2D eigenvalue weighted by Crippen LogP contribution is -2.32. The van der Waals surface area contributed by atoms with E-state index in [-0.39, 0.29) is 11.7 Å². The van der Waals surface area contributed by atoms with Gasteiger partial charge in [0.2, 0.25) is 5.91 Å². The maximum atomic E-state index is 13.2. The molecule has 0 unspecified atom stereocenters. The number of carbonyl (C=O) groups is 1. The van der Waals surface area contributed by atoms with Gasteiger partial charge in [-0.1, -0.05) is 48.2 Å². The summed E-state index contributed by atoms with van der Waals surface area (Å²) in [6, 6.07) is 23.1. The molecule has 0 N–H and O–H groups in total. The Kier molecular flexibility index (Phi) is 4.94. The fraction of sp³-hybridized carbons (Fsp3) is 0.0870. The number of anilines is 1. The van der Waals surface area contributed by atoms with E-state index in [1.54, 1.807) is 4.90 Å². The zero-order chi connectivity index (χ0) is 20.3. The average molecular weight is 414 g/mol. The van der Waals surface area contributed by atoms with Gasteiger partial charge in [-0.05, 0) is 36.4 Å². The third kappa shape index (κ3) is 3.67. The predicted molar refractivity (Wildman–Crippen MR) is 118 cm³/mol. The SMILES string of the molecule is O=C(CSc1nc2ccccc2o1)N(Cc1cnc2ccccn12)c1ccccc1. The zero-order valence-corrected chi connectivity index (χ0v) is 16.8. The summed E-state index contributed by atoms with van der Waals surface area (Å²) in [6.45, 7) is 0.419. The molecule has 0 radical (unpaired) electrons. The van der Waals surface area contributed by atoms with Crippen LogP contribution in [0.3, 0.4) is 0 Å². The zero-order valence-electron chi connectivity index (χ0n) is 16.0. The van der Waals surface area contributed by atoms with E-state index in [1.165, 1.54) is 11.8 Å². The molecule has 0 aliphatic carbocycles. The van der Waals surface area contributed by atoms with Crippen molar-refractivity contribution < 1.29 is 9.21 Å². The molecule has 30 heavy (non-hydrogen) atoms. The van der Waals surface area contributed by atoms with Crippen LogP contribution in [0.25, 0.3) is 16.7 Å². The van der Waals surface area contributed by atoms with Crippen molar-refractivity contribution in [2.45, 2.75) is 11.8 Å². The van der Waals surface area contributed by atoms with Gasteiger partial charge < -0.3 is 13.7 Å². The lowest BCUT2D eigenvalue weighted by atomic mass is 10.2. The van der Waals surface area contributed by atoms with Gasteiger partial charge in [0.25, 0.3) is 5.22 Å². The molecule has 0 bridgehead atoms. The number of pyridine rings is 1. The van der Waals surface area contributed by atoms with Crippen molar-refractivity contribution >= 4 is 40.1 Å². The fourth-order valence-electron chi connectivity index (χ4n) is 3.31. The van der Waals surface area contributed by atoms with Gasteiger partial charge in [0, 0.05) is 11.9 Å². The normalized spacial score (nSPS) is 11.2. The molecule has 2 aromatic carbocycles. The summed E-state index contributed by atoms with van der Waals surface area (Å²) in [5.41, 5.74) is 4.14. The monoisotopic (exact) mass is 414 g/mol. The van der Waals surface area contributed by atoms with E-state index in [0.717, 1.165) is 28.1 Å². The van der Waals surface area contributed by atoms with Crippen molar-refractivity contribution in [2.75, 3.05) is 10.7 Å². The molecule has 0 aliphatic heterocycles. The molecule has 3 aromatic heterocycles. The number of oxazole rings is 1. The summed E-state index contributed by atoms with van der Waals surface area (Å²) in [7, 11) is 0. The minimum atomic E-state index is -0.0284. The van der Waals surface area contributed by atoms with Crippen LogP contribution in [0, 0.1) is 0 Å². The van der Waals surface area contributed by atoms with E-state index in [9.17, 15) is 4.79 Å². The Morgan fingerprint density at radius 2 is 1.80 bits per heavy atom. The lowest BCUT2D eigenvalue weighted by molar-refractivity contribution is -0.116. The van der Waals surface area contributed by atoms with E-state index in [0.29, 0.717) is 11.8 Å². The molecule has 1 amide bonds. The molecule has 5 aromatic rings. The summed E-state index contributed by atoms with van der Waals surface area (Å²) in [6.07, 6.45) is 3.77. The molecule has 0 spiro atoms. The number of amides is 1. The number of nitrogens with zero attached hydrogens (tertiary/aromatic N) is 4. The Labute approximate surface area is 177 Å². The highest BCUT2D eigenvalue weighted by Crippen LogP contribution is 2.25. The van der Waals surface area contributed by atoms with Gasteiger partial charge in [0.1, 0.15) is 11.2 Å². The molecular weight excluding hydrogens is 396 g/mol. The average Bonchev–Trinajstić information content (AvgIpc) is 3.40. The van der Waals surface area contributed by atoms with Crippen LogP contribution in [0.15, 0.2) is 94.8 Å². The third-order valence-electron chi connectivity index (χ3n) is 4.78. The summed E-state index contributed by atoms with van der Waals surface area (Å²) in [5, 5.41) is 0.493. The van der Waals surface area contributed by atoms with Crippen molar-refractivity contribution in [3.05, 3.63) is 90.9 Å². The fourth-order valence-corrected chi connectivity index (χ4v) is 4.02. The molecule has 3 heterocycles. The van der Waals surface area contributed by atoms with Gasteiger partial charge in [0.05, 0.1) is 24.2 Å². The van der Waals surface area contributed by atoms with Crippen molar-refractivity contribution in [1.29, 1.82) is 0 Å². The minimum absolute atomic E-state index is 0.0284. The number of aromatic nitrogens is 3. The minimum Gasteiger partial charge on any atom is -0.431 e. The van der Waals surface area contributed by atoms with Crippen LogP contribution in [-0.4, -0.2) is 26.0 Å². The second-order valence-corrected chi connectivity index (χ2v) is 7.66. The highest BCUT2D eigenvalue weighted by atomic mass is 32.2. The predicted octanol–water partition coefficient (Wildman–Crippen LogP) is 4.80. The number of carbonyl (C=O) groups excluding carboxylic acids is 1. The number of benzene rings is 2. The molecule has 0 atom stereocenters. The first-order valence-electron chi connectivity index (χ1n) is 9.53. The number of thioether (sulfide) groups is 1. The standard InChI is InChI=1S/C23H18N4O2S/c28-22(16-30-23-25-19-10-4-5-11-20(19)29-23)27(17-8-2-1-3-9-17)15-18-14-24-21-12-6-7-13-26(18)21/h1-14H,15-16H2. The first kappa shape index (κ1) is 18.4. The summed E-state index contributed by atoms with van der Waals surface area (Å²) in [5.74, 6) is 0.192. The van der Waals surface area contributed by atoms with E-state index in [2.05, 4.69) is 9.97 Å².